The molecule has 0 bridgehead atoms. The molecule has 2 heterocycles. The van der Waals surface area contributed by atoms with E-state index in [1.807, 2.05) is 36.1 Å². The number of nitrogens with one attached hydrogen (secondary N) is 1. The summed E-state index contributed by atoms with van der Waals surface area (Å²) < 4.78 is 5.51. The van der Waals surface area contributed by atoms with Crippen molar-refractivity contribution in [2.75, 3.05) is 26.7 Å². The van der Waals surface area contributed by atoms with Crippen molar-refractivity contribution in [3.63, 3.8) is 0 Å². The molecule has 1 N–H and O–H groups in total. The van der Waals surface area contributed by atoms with Crippen molar-refractivity contribution in [1.82, 2.24) is 19.8 Å². The number of piperazine rings is 1. The molecule has 0 spiro atoms. The number of rotatable bonds is 4. The summed E-state index contributed by atoms with van der Waals surface area (Å²) in [5.74, 6) is 0.924. The zero-order valence-corrected chi connectivity index (χ0v) is 14.5. The van der Waals surface area contributed by atoms with Crippen molar-refractivity contribution in [1.29, 1.82) is 0 Å². The maximum atomic E-state index is 12.1. The monoisotopic (exact) mass is 328 g/mol. The SMILES string of the molecule is COc1ccccc1[C@@H]1CN(Cc2nc[nH]c2C)CCN1C(C)=O. The number of carbonyl (C=O) groups is 1. The van der Waals surface area contributed by atoms with Gasteiger partial charge in [0.2, 0.25) is 5.91 Å². The molecule has 6 nitrogen and oxygen atoms in total. The quantitative estimate of drug-likeness (QED) is 0.934. The highest BCUT2D eigenvalue weighted by atomic mass is 16.5. The van der Waals surface area contributed by atoms with Crippen molar-refractivity contribution in [3.05, 3.63) is 47.5 Å². The van der Waals surface area contributed by atoms with Crippen molar-refractivity contribution in [2.45, 2.75) is 26.4 Å². The summed E-state index contributed by atoms with van der Waals surface area (Å²) in [6.45, 7) is 6.78. The predicted octanol–water partition coefficient (Wildman–Crippen LogP) is 2.13. The molecule has 3 rings (SSSR count). The standard InChI is InChI=1S/C18H24N4O2/c1-13-16(20-12-19-13)10-21-8-9-22(14(2)23)17(11-21)15-6-4-5-7-18(15)24-3/h4-7,12,17H,8-11H2,1-3H3,(H,19,20)/t17-/m0/s1. The van der Waals surface area contributed by atoms with E-state index in [0.717, 1.165) is 42.3 Å². The zero-order chi connectivity index (χ0) is 17.1. The number of aromatic nitrogens is 2. The fourth-order valence-electron chi connectivity index (χ4n) is 3.33. The molecule has 1 aromatic heterocycles. The lowest BCUT2D eigenvalue weighted by molar-refractivity contribution is -0.134. The Hall–Kier alpha value is -2.34. The summed E-state index contributed by atoms with van der Waals surface area (Å²) in [5, 5.41) is 0. The molecule has 1 aliphatic heterocycles. The highest BCUT2D eigenvalue weighted by Crippen LogP contribution is 2.32. The van der Waals surface area contributed by atoms with Crippen LogP contribution in [0.3, 0.4) is 0 Å². The van der Waals surface area contributed by atoms with E-state index >= 15 is 0 Å². The number of H-pyrrole nitrogens is 1. The molecule has 1 amide bonds. The summed E-state index contributed by atoms with van der Waals surface area (Å²) in [5.41, 5.74) is 3.21. The van der Waals surface area contributed by atoms with Gasteiger partial charge in [-0.3, -0.25) is 9.69 Å². The normalized spacial score (nSPS) is 18.6. The molecule has 0 radical (unpaired) electrons. The van der Waals surface area contributed by atoms with Crippen LogP contribution < -0.4 is 4.74 Å². The Morgan fingerprint density at radius 2 is 2.17 bits per heavy atom. The van der Waals surface area contributed by atoms with E-state index in [9.17, 15) is 4.79 Å². The fraction of sp³-hybridized carbons (Fsp3) is 0.444. The minimum Gasteiger partial charge on any atom is -0.496 e. The van der Waals surface area contributed by atoms with Gasteiger partial charge in [-0.25, -0.2) is 4.98 Å². The number of hydrogen-bond donors (Lipinski definition) is 1. The first kappa shape index (κ1) is 16.5. The van der Waals surface area contributed by atoms with Gasteiger partial charge in [0.05, 0.1) is 25.2 Å². The van der Waals surface area contributed by atoms with Crippen LogP contribution in [0, 0.1) is 6.92 Å². The highest BCUT2D eigenvalue weighted by molar-refractivity contribution is 5.74. The Balaban J connectivity index is 1.85. The molecule has 0 saturated carbocycles. The second-order valence-electron chi connectivity index (χ2n) is 6.18. The van der Waals surface area contributed by atoms with Crippen LogP contribution in [-0.2, 0) is 11.3 Å². The predicted molar refractivity (Wildman–Crippen MR) is 91.7 cm³/mol. The molecule has 6 heteroatoms. The van der Waals surface area contributed by atoms with Gasteiger partial charge in [-0.1, -0.05) is 18.2 Å². The van der Waals surface area contributed by atoms with Gasteiger partial charge in [0.15, 0.2) is 0 Å². The van der Waals surface area contributed by atoms with E-state index in [0.29, 0.717) is 6.54 Å². The van der Waals surface area contributed by atoms with Crippen LogP contribution in [0.5, 0.6) is 5.75 Å². The Kier molecular flexibility index (Phi) is 4.85. The average molecular weight is 328 g/mol. The number of nitrogens with zero attached hydrogens (tertiary/aromatic N) is 3. The number of para-hydroxylation sites is 1. The van der Waals surface area contributed by atoms with Gasteiger partial charge in [0, 0.05) is 44.4 Å². The van der Waals surface area contributed by atoms with Crippen LogP contribution in [0.4, 0.5) is 0 Å². The molecule has 2 aromatic rings. The number of imidazole rings is 1. The first-order valence-electron chi connectivity index (χ1n) is 8.21. The molecule has 0 unspecified atom stereocenters. The number of hydrogen-bond acceptors (Lipinski definition) is 4. The third-order valence-corrected chi connectivity index (χ3v) is 4.67. The van der Waals surface area contributed by atoms with Crippen molar-refractivity contribution < 1.29 is 9.53 Å². The Bertz CT molecular complexity index is 713. The molecule has 1 atom stereocenters. The summed E-state index contributed by atoms with van der Waals surface area (Å²) in [6, 6.07) is 7.93. The van der Waals surface area contributed by atoms with Crippen molar-refractivity contribution in [3.8, 4) is 5.75 Å². The summed E-state index contributed by atoms with van der Waals surface area (Å²) >= 11 is 0. The zero-order valence-electron chi connectivity index (χ0n) is 14.5. The van der Waals surface area contributed by atoms with Crippen LogP contribution >= 0.6 is 0 Å². The number of methoxy groups -OCH3 is 1. The van der Waals surface area contributed by atoms with Gasteiger partial charge in [0.1, 0.15) is 5.75 Å². The molecule has 1 saturated heterocycles. The molecule has 128 valence electrons. The summed E-state index contributed by atoms with van der Waals surface area (Å²) in [4.78, 5) is 23.9. The smallest absolute Gasteiger partial charge is 0.220 e. The minimum absolute atomic E-state index is 0.00773. The number of benzene rings is 1. The van der Waals surface area contributed by atoms with Crippen LogP contribution in [0.1, 0.15) is 29.9 Å². The number of amides is 1. The number of ether oxygens (including phenoxy) is 1. The van der Waals surface area contributed by atoms with Gasteiger partial charge in [-0.05, 0) is 13.0 Å². The molecule has 1 aromatic carbocycles. The van der Waals surface area contributed by atoms with Gasteiger partial charge in [-0.2, -0.15) is 0 Å². The van der Waals surface area contributed by atoms with Gasteiger partial charge < -0.3 is 14.6 Å². The summed E-state index contributed by atoms with van der Waals surface area (Å²) in [6.07, 6.45) is 1.73. The molecular formula is C18H24N4O2. The van der Waals surface area contributed by atoms with E-state index in [2.05, 4.69) is 14.9 Å². The second-order valence-corrected chi connectivity index (χ2v) is 6.18. The number of aryl methyl sites for hydroxylation is 1. The molecule has 24 heavy (non-hydrogen) atoms. The maximum absolute atomic E-state index is 12.1. The Morgan fingerprint density at radius 1 is 1.38 bits per heavy atom. The number of aromatic amines is 1. The van der Waals surface area contributed by atoms with E-state index in [1.54, 1.807) is 20.4 Å². The van der Waals surface area contributed by atoms with Crippen molar-refractivity contribution >= 4 is 5.91 Å². The largest absolute Gasteiger partial charge is 0.496 e. The first-order valence-corrected chi connectivity index (χ1v) is 8.21. The van der Waals surface area contributed by atoms with Crippen molar-refractivity contribution in [2.24, 2.45) is 0 Å². The van der Waals surface area contributed by atoms with E-state index in [4.69, 9.17) is 4.74 Å². The lowest BCUT2D eigenvalue weighted by atomic mass is 10.0. The van der Waals surface area contributed by atoms with Crippen LogP contribution in [0.15, 0.2) is 30.6 Å². The topological polar surface area (TPSA) is 61.5 Å². The van der Waals surface area contributed by atoms with E-state index in [-0.39, 0.29) is 11.9 Å². The first-order chi connectivity index (χ1) is 11.6. The highest BCUT2D eigenvalue weighted by Gasteiger charge is 2.31. The lowest BCUT2D eigenvalue weighted by Gasteiger charge is -2.41. The maximum Gasteiger partial charge on any atom is 0.220 e. The van der Waals surface area contributed by atoms with Crippen LogP contribution in [0.2, 0.25) is 0 Å². The van der Waals surface area contributed by atoms with Gasteiger partial charge in [0.25, 0.3) is 0 Å². The summed E-state index contributed by atoms with van der Waals surface area (Å²) in [7, 11) is 1.67. The minimum atomic E-state index is -0.00773. The second kappa shape index (κ2) is 7.05. The molecular weight excluding hydrogens is 304 g/mol. The fourth-order valence-corrected chi connectivity index (χ4v) is 3.33. The lowest BCUT2D eigenvalue weighted by Crippen LogP contribution is -2.49. The molecule has 0 aliphatic carbocycles. The Labute approximate surface area is 142 Å². The van der Waals surface area contributed by atoms with E-state index < -0.39 is 0 Å². The molecule has 1 aliphatic rings. The van der Waals surface area contributed by atoms with Crippen LogP contribution in [-0.4, -0.2) is 52.4 Å². The molecule has 1 fully saturated rings. The van der Waals surface area contributed by atoms with Gasteiger partial charge >= 0.3 is 0 Å². The third-order valence-electron chi connectivity index (χ3n) is 4.67. The van der Waals surface area contributed by atoms with Gasteiger partial charge in [-0.15, -0.1) is 0 Å². The van der Waals surface area contributed by atoms with Crippen LogP contribution in [0.25, 0.3) is 0 Å². The third kappa shape index (κ3) is 3.28. The Morgan fingerprint density at radius 3 is 2.83 bits per heavy atom. The average Bonchev–Trinajstić information content (AvgIpc) is 2.99. The number of carbonyl (C=O) groups excluding carboxylic acids is 1. The van der Waals surface area contributed by atoms with E-state index in [1.165, 1.54) is 0 Å².